The van der Waals surface area contributed by atoms with Crippen molar-refractivity contribution in [2.45, 2.75) is 38.9 Å². The number of aromatic nitrogens is 1. The third kappa shape index (κ3) is 3.31. The van der Waals surface area contributed by atoms with Crippen LogP contribution in [0.3, 0.4) is 0 Å². The summed E-state index contributed by atoms with van der Waals surface area (Å²) < 4.78 is 0. The molecule has 1 aromatic heterocycles. The first-order valence-corrected chi connectivity index (χ1v) is 8.55. The van der Waals surface area contributed by atoms with Gasteiger partial charge in [0.15, 0.2) is 0 Å². The van der Waals surface area contributed by atoms with Gasteiger partial charge in [-0.05, 0) is 11.6 Å². The normalized spacial score (nSPS) is 12.2. The first-order valence-electron chi connectivity index (χ1n) is 5.85. The molecule has 0 spiro atoms. The van der Waals surface area contributed by atoms with Gasteiger partial charge >= 0.3 is 0 Å². The third-order valence-electron chi connectivity index (χ3n) is 3.43. The molecule has 0 unspecified atom stereocenters. The monoisotopic (exact) mass is 219 g/mol. The van der Waals surface area contributed by atoms with Crippen LogP contribution in [0.15, 0.2) is 30.2 Å². The Balaban J connectivity index is 2.79. The molecule has 82 valence electrons. The third-order valence-corrected chi connectivity index (χ3v) is 8.52. The van der Waals surface area contributed by atoms with E-state index in [0.29, 0.717) is 0 Å². The zero-order valence-electron chi connectivity index (χ0n) is 10.0. The topological polar surface area (TPSA) is 12.9 Å². The molecule has 0 aliphatic carbocycles. The van der Waals surface area contributed by atoms with E-state index in [1.807, 2.05) is 18.5 Å². The Morgan fingerprint density at radius 3 is 2.33 bits per heavy atom. The smallest absolute Gasteiger partial charge is 0.0770 e. The van der Waals surface area contributed by atoms with Crippen molar-refractivity contribution >= 4 is 14.1 Å². The molecule has 0 aliphatic heterocycles. The number of hydrogen-bond acceptors (Lipinski definition) is 1. The Morgan fingerprint density at radius 1 is 1.20 bits per heavy atom. The van der Waals surface area contributed by atoms with Crippen LogP contribution in [-0.4, -0.2) is 13.1 Å². The number of rotatable bonds is 5. The zero-order chi connectivity index (χ0) is 11.1. The van der Waals surface area contributed by atoms with Crippen LogP contribution >= 0.6 is 0 Å². The molecule has 0 atom stereocenters. The van der Waals surface area contributed by atoms with Crippen LogP contribution in [0.1, 0.15) is 26.3 Å². The molecule has 0 saturated carbocycles. The summed E-state index contributed by atoms with van der Waals surface area (Å²) in [6.45, 7) is 6.98. The lowest BCUT2D eigenvalue weighted by Gasteiger charge is -2.23. The largest absolute Gasteiger partial charge is 0.264 e. The standard InChI is InChI=1S/C13H21NSi/c1-4-15(5-2,6-3)11-9-13-8-7-10-14-12-13/h7-12H,4-6H2,1-3H3/b11-9+. The average Bonchev–Trinajstić information content (AvgIpc) is 2.33. The molecular formula is C13H21NSi. The minimum absolute atomic E-state index is 1.11. The van der Waals surface area contributed by atoms with E-state index < -0.39 is 8.07 Å². The Hall–Kier alpha value is -0.893. The van der Waals surface area contributed by atoms with Crippen molar-refractivity contribution in [3.05, 3.63) is 35.8 Å². The molecule has 0 aliphatic rings. The molecule has 2 heteroatoms. The van der Waals surface area contributed by atoms with Gasteiger partial charge in [0.2, 0.25) is 0 Å². The molecule has 1 rings (SSSR count). The van der Waals surface area contributed by atoms with E-state index >= 15 is 0 Å². The van der Waals surface area contributed by atoms with Crippen LogP contribution in [0.25, 0.3) is 6.08 Å². The first kappa shape index (κ1) is 12.2. The summed E-state index contributed by atoms with van der Waals surface area (Å²) in [7, 11) is -1.11. The SMILES string of the molecule is CC[Si](/C=C/c1cccnc1)(CC)CC. The fraction of sp³-hybridized carbons (Fsp3) is 0.462. The van der Waals surface area contributed by atoms with Crippen LogP contribution < -0.4 is 0 Å². The lowest BCUT2D eigenvalue weighted by molar-refractivity contribution is 1.20. The Kier molecular flexibility index (Phi) is 4.76. The maximum absolute atomic E-state index is 4.13. The minimum Gasteiger partial charge on any atom is -0.264 e. The predicted octanol–water partition coefficient (Wildman–Crippen LogP) is 4.14. The van der Waals surface area contributed by atoms with Gasteiger partial charge in [-0.2, -0.15) is 0 Å². The van der Waals surface area contributed by atoms with Gasteiger partial charge in [-0.3, -0.25) is 4.98 Å². The highest BCUT2D eigenvalue weighted by Gasteiger charge is 2.22. The molecule has 0 radical (unpaired) electrons. The number of nitrogens with zero attached hydrogens (tertiary/aromatic N) is 1. The first-order chi connectivity index (χ1) is 7.26. The van der Waals surface area contributed by atoms with Crippen molar-refractivity contribution in [3.8, 4) is 0 Å². The van der Waals surface area contributed by atoms with Gasteiger partial charge in [-0.1, -0.05) is 56.7 Å². The van der Waals surface area contributed by atoms with Crippen molar-refractivity contribution in [1.29, 1.82) is 0 Å². The molecule has 0 fully saturated rings. The molecular weight excluding hydrogens is 198 g/mol. The van der Waals surface area contributed by atoms with Gasteiger partial charge in [0.1, 0.15) is 0 Å². The van der Waals surface area contributed by atoms with Gasteiger partial charge in [0, 0.05) is 12.4 Å². The second kappa shape index (κ2) is 5.86. The van der Waals surface area contributed by atoms with Gasteiger partial charge in [-0.15, -0.1) is 0 Å². The van der Waals surface area contributed by atoms with E-state index in [9.17, 15) is 0 Å². The minimum atomic E-state index is -1.11. The van der Waals surface area contributed by atoms with E-state index in [0.717, 1.165) is 0 Å². The van der Waals surface area contributed by atoms with Crippen LogP contribution in [0.2, 0.25) is 18.1 Å². The summed E-state index contributed by atoms with van der Waals surface area (Å²) in [6, 6.07) is 8.14. The molecule has 0 N–H and O–H groups in total. The Labute approximate surface area is 94.3 Å². The molecule has 0 saturated heterocycles. The molecule has 0 bridgehead atoms. The number of hydrogen-bond donors (Lipinski definition) is 0. The summed E-state index contributed by atoms with van der Waals surface area (Å²) in [5, 5.41) is 0. The summed E-state index contributed by atoms with van der Waals surface area (Å²) >= 11 is 0. The maximum atomic E-state index is 4.13. The summed E-state index contributed by atoms with van der Waals surface area (Å²) in [5.74, 6) is 0. The zero-order valence-corrected chi connectivity index (χ0v) is 11.0. The lowest BCUT2D eigenvalue weighted by Crippen LogP contribution is -2.28. The van der Waals surface area contributed by atoms with Gasteiger partial charge in [-0.25, -0.2) is 0 Å². The van der Waals surface area contributed by atoms with Crippen LogP contribution in [0.5, 0.6) is 0 Å². The second-order valence-corrected chi connectivity index (χ2v) is 9.22. The van der Waals surface area contributed by atoms with Crippen LogP contribution in [0, 0.1) is 0 Å². The van der Waals surface area contributed by atoms with E-state index in [1.165, 1.54) is 23.7 Å². The molecule has 1 heterocycles. The maximum Gasteiger partial charge on any atom is 0.0770 e. The number of pyridine rings is 1. The summed E-state index contributed by atoms with van der Waals surface area (Å²) in [4.78, 5) is 4.13. The molecule has 0 amide bonds. The predicted molar refractivity (Wildman–Crippen MR) is 70.5 cm³/mol. The molecule has 1 aromatic rings. The van der Waals surface area contributed by atoms with Gasteiger partial charge in [0.25, 0.3) is 0 Å². The second-order valence-electron chi connectivity index (χ2n) is 4.04. The highest BCUT2D eigenvalue weighted by Crippen LogP contribution is 2.22. The average molecular weight is 219 g/mol. The van der Waals surface area contributed by atoms with Crippen molar-refractivity contribution in [1.82, 2.24) is 4.98 Å². The molecule has 15 heavy (non-hydrogen) atoms. The van der Waals surface area contributed by atoms with Gasteiger partial charge < -0.3 is 0 Å². The highest BCUT2D eigenvalue weighted by molar-refractivity contribution is 6.84. The Morgan fingerprint density at radius 2 is 1.87 bits per heavy atom. The summed E-state index contributed by atoms with van der Waals surface area (Å²) in [6.07, 6.45) is 6.01. The van der Waals surface area contributed by atoms with Crippen molar-refractivity contribution in [3.63, 3.8) is 0 Å². The van der Waals surface area contributed by atoms with E-state index in [-0.39, 0.29) is 0 Å². The summed E-state index contributed by atoms with van der Waals surface area (Å²) in [5.41, 5.74) is 3.72. The van der Waals surface area contributed by atoms with Crippen LogP contribution in [-0.2, 0) is 0 Å². The quantitative estimate of drug-likeness (QED) is 0.678. The highest BCUT2D eigenvalue weighted by atomic mass is 28.3. The fourth-order valence-electron chi connectivity index (χ4n) is 1.85. The van der Waals surface area contributed by atoms with Crippen molar-refractivity contribution < 1.29 is 0 Å². The van der Waals surface area contributed by atoms with E-state index in [4.69, 9.17) is 0 Å². The lowest BCUT2D eigenvalue weighted by atomic mass is 10.3. The van der Waals surface area contributed by atoms with E-state index in [1.54, 1.807) is 0 Å². The van der Waals surface area contributed by atoms with Gasteiger partial charge in [0.05, 0.1) is 8.07 Å². The van der Waals surface area contributed by atoms with E-state index in [2.05, 4.69) is 43.6 Å². The molecule has 0 aromatic carbocycles. The van der Waals surface area contributed by atoms with Crippen molar-refractivity contribution in [2.24, 2.45) is 0 Å². The van der Waals surface area contributed by atoms with Crippen molar-refractivity contribution in [2.75, 3.05) is 0 Å². The van der Waals surface area contributed by atoms with Crippen LogP contribution in [0.4, 0.5) is 0 Å². The Bertz CT molecular complexity index is 293. The fourth-order valence-corrected chi connectivity index (χ4v) is 4.60. The molecule has 1 nitrogen and oxygen atoms in total.